The number of para-hydroxylation sites is 1. The van der Waals surface area contributed by atoms with Gasteiger partial charge in [-0.25, -0.2) is 0 Å². The zero-order chi connectivity index (χ0) is 10.0. The van der Waals surface area contributed by atoms with E-state index in [0.29, 0.717) is 0 Å². The summed E-state index contributed by atoms with van der Waals surface area (Å²) < 4.78 is 0. The molecule has 0 bridgehead atoms. The summed E-state index contributed by atoms with van der Waals surface area (Å²) in [5.41, 5.74) is -0.495. The van der Waals surface area contributed by atoms with Gasteiger partial charge in [0.2, 0.25) is 0 Å². The molecular weight excluding hydrogens is 279 g/mol. The molecule has 0 spiro atoms. The topological polar surface area (TPSA) is 60.2 Å². The summed E-state index contributed by atoms with van der Waals surface area (Å²) in [4.78, 5) is 20.7. The maximum atomic E-state index is 10.7. The minimum Gasteiger partial charge on any atom is -0.275 e. The molecule has 4 nitrogen and oxygen atoms in total. The minimum atomic E-state index is -0.859. The van der Waals surface area contributed by atoms with Crippen LogP contribution in [0, 0.1) is 10.1 Å². The molecule has 14 heavy (non-hydrogen) atoms. The Hall–Kier alpha value is -0.447. The molecule has 0 radical (unpaired) electrons. The number of rotatable bonds is 2. The summed E-state index contributed by atoms with van der Waals surface area (Å²) >= 11 is 9.00. The van der Waals surface area contributed by atoms with Crippen LogP contribution in [0.25, 0.3) is 0 Å². The van der Waals surface area contributed by atoms with Crippen molar-refractivity contribution in [1.82, 2.24) is 0 Å². The molecule has 70 valence electrons. The third kappa shape index (κ3) is 2.77. The average Bonchev–Trinajstić information content (AvgIpc) is 2.02. The van der Waals surface area contributed by atoms with Crippen molar-refractivity contribution in [3.63, 3.8) is 0 Å². The van der Waals surface area contributed by atoms with Crippen LogP contribution in [0.1, 0.15) is 10.4 Å². The summed E-state index contributed by atoms with van der Waals surface area (Å²) in [6.45, 7) is 0. The van der Waals surface area contributed by atoms with Gasteiger partial charge in [0, 0.05) is 19.5 Å². The Labute approximate surface area is 103 Å². The monoisotopic (exact) mass is 281 g/mol. The Morgan fingerprint density at radius 2 is 2.07 bits per heavy atom. The van der Waals surface area contributed by atoms with E-state index in [0.717, 1.165) is 0 Å². The third-order valence-corrected chi connectivity index (χ3v) is 1.97. The maximum absolute atomic E-state index is 10.7. The molecule has 0 amide bonds. The summed E-state index contributed by atoms with van der Waals surface area (Å²) in [7, 11) is 0. The first kappa shape index (κ1) is 13.6. The molecule has 0 atom stereocenters. The summed E-state index contributed by atoms with van der Waals surface area (Å²) in [6.07, 6.45) is 0. The van der Waals surface area contributed by atoms with Gasteiger partial charge in [-0.05, 0) is 23.7 Å². The van der Waals surface area contributed by atoms with Gasteiger partial charge < -0.3 is 0 Å². The number of nitro groups is 1. The molecule has 1 aromatic carbocycles. The second-order valence-electron chi connectivity index (χ2n) is 2.20. The van der Waals surface area contributed by atoms with Crippen LogP contribution in [-0.2, 0) is 19.5 Å². The van der Waals surface area contributed by atoms with Crippen molar-refractivity contribution < 1.29 is 29.2 Å². The minimum absolute atomic E-state index is 0. The Morgan fingerprint density at radius 3 is 2.43 bits per heavy atom. The summed E-state index contributed by atoms with van der Waals surface area (Å²) in [6, 6.07) is 4.18. The first-order valence-corrected chi connectivity index (χ1v) is 4.02. The van der Waals surface area contributed by atoms with Gasteiger partial charge in [0.15, 0.2) is 0 Å². The van der Waals surface area contributed by atoms with E-state index in [-0.39, 0.29) is 35.6 Å². The van der Waals surface area contributed by atoms with Gasteiger partial charge in [-0.2, -0.15) is 0 Å². The van der Waals surface area contributed by atoms with E-state index < -0.39 is 10.2 Å². The number of hydrogen-bond donors (Lipinski definition) is 1. The molecule has 0 heterocycles. The predicted octanol–water partition coefficient (Wildman–Crippen LogP) is 2.26. The molecule has 0 unspecified atom stereocenters. The Morgan fingerprint density at radius 1 is 1.50 bits per heavy atom. The second-order valence-corrected chi connectivity index (χ2v) is 3.03. The van der Waals surface area contributed by atoms with Crippen molar-refractivity contribution in [3.8, 4) is 0 Å². The molecule has 1 aromatic rings. The molecule has 1 rings (SSSR count). The first-order valence-electron chi connectivity index (χ1n) is 3.20. The van der Waals surface area contributed by atoms with Crippen LogP contribution in [-0.4, -0.2) is 10.2 Å². The fraction of sp³-hybridized carbons (Fsp3) is 0. The molecule has 0 saturated heterocycles. The molecule has 0 N–H and O–H groups in total. The van der Waals surface area contributed by atoms with E-state index in [1.165, 1.54) is 18.2 Å². The summed E-state index contributed by atoms with van der Waals surface area (Å²) in [5.74, 6) is 0. The number of halogens is 1. The quantitative estimate of drug-likeness (QED) is 0.298. The second kappa shape index (κ2) is 5.44. The van der Waals surface area contributed by atoms with E-state index in [4.69, 9.17) is 11.6 Å². The van der Waals surface area contributed by atoms with Crippen molar-refractivity contribution in [1.29, 1.82) is 0 Å². The molecule has 0 aliphatic carbocycles. The molecule has 0 saturated carbocycles. The number of thiol groups is 1. The number of benzene rings is 1. The van der Waals surface area contributed by atoms with Gasteiger partial charge >= 0.3 is 0 Å². The van der Waals surface area contributed by atoms with Crippen molar-refractivity contribution in [2.24, 2.45) is 0 Å². The number of nitrogens with zero attached hydrogens (tertiary/aromatic N) is 1. The fourth-order valence-corrected chi connectivity index (χ4v) is 1.32. The Bertz CT molecular complexity index is 385. The maximum Gasteiger partial charge on any atom is 0.294 e. The van der Waals surface area contributed by atoms with Gasteiger partial charge in [-0.3, -0.25) is 14.9 Å². The van der Waals surface area contributed by atoms with Crippen LogP contribution in [0.5, 0.6) is 0 Å². The molecular formula is C7H4ClNO3SZn. The fourth-order valence-electron chi connectivity index (χ4n) is 0.882. The average molecular weight is 283 g/mol. The van der Waals surface area contributed by atoms with Crippen LogP contribution in [0.2, 0.25) is 0 Å². The predicted molar refractivity (Wildman–Crippen MR) is 50.5 cm³/mol. The number of carbonyl (C=O) groups is 1. The normalized spacial score (nSPS) is 9.00. The van der Waals surface area contributed by atoms with Gasteiger partial charge in [0.25, 0.3) is 10.9 Å². The number of nitro benzene ring substituents is 1. The third-order valence-electron chi connectivity index (χ3n) is 1.41. The Balaban J connectivity index is 0.00000169. The summed E-state index contributed by atoms with van der Waals surface area (Å²) in [5, 5.41) is 9.63. The number of hydrogen-bond acceptors (Lipinski definition) is 4. The van der Waals surface area contributed by atoms with Crippen LogP contribution in [0.4, 0.5) is 5.69 Å². The zero-order valence-electron chi connectivity index (χ0n) is 6.94. The van der Waals surface area contributed by atoms with E-state index in [9.17, 15) is 14.9 Å². The van der Waals surface area contributed by atoms with Crippen LogP contribution >= 0.6 is 24.2 Å². The van der Waals surface area contributed by atoms with E-state index in [1.54, 1.807) is 0 Å². The largest absolute Gasteiger partial charge is 0.294 e. The van der Waals surface area contributed by atoms with Crippen LogP contribution < -0.4 is 0 Å². The van der Waals surface area contributed by atoms with Gasteiger partial charge in [0.05, 0.1) is 9.82 Å². The molecule has 0 aromatic heterocycles. The van der Waals surface area contributed by atoms with E-state index in [1.807, 2.05) is 0 Å². The van der Waals surface area contributed by atoms with Crippen molar-refractivity contribution >= 4 is 35.2 Å². The molecule has 0 fully saturated rings. The van der Waals surface area contributed by atoms with Crippen LogP contribution in [0.3, 0.4) is 0 Å². The van der Waals surface area contributed by atoms with Crippen LogP contribution in [0.15, 0.2) is 23.1 Å². The first-order chi connectivity index (χ1) is 6.04. The van der Waals surface area contributed by atoms with Crippen molar-refractivity contribution in [3.05, 3.63) is 33.9 Å². The smallest absolute Gasteiger partial charge is 0.275 e. The molecule has 0 aliphatic rings. The Kier molecular flexibility index (Phi) is 5.26. The number of carbonyl (C=O) groups excluding carboxylic acids is 1. The SMILES string of the molecule is O=C(Cl)c1cccc(S)c1[N+](=O)[O-].[Zn]. The van der Waals surface area contributed by atoms with E-state index in [2.05, 4.69) is 12.6 Å². The zero-order valence-corrected chi connectivity index (χ0v) is 11.6. The standard InChI is InChI=1S/C7H4ClNO3S.Zn/c8-7(10)4-2-1-3-5(13)6(4)9(11)12;/h1-3,13H;. The van der Waals surface area contributed by atoms with Gasteiger partial charge in [-0.15, -0.1) is 12.6 Å². The van der Waals surface area contributed by atoms with E-state index >= 15 is 0 Å². The van der Waals surface area contributed by atoms with Crippen molar-refractivity contribution in [2.45, 2.75) is 4.90 Å². The van der Waals surface area contributed by atoms with Gasteiger partial charge in [-0.1, -0.05) is 6.07 Å². The van der Waals surface area contributed by atoms with Gasteiger partial charge in [0.1, 0.15) is 5.56 Å². The molecule has 0 aliphatic heterocycles. The van der Waals surface area contributed by atoms with Crippen molar-refractivity contribution in [2.75, 3.05) is 0 Å². The molecule has 7 heteroatoms.